The van der Waals surface area contributed by atoms with E-state index in [0.29, 0.717) is 0 Å². The Balaban J connectivity index is 3.02. The Labute approximate surface area is 217 Å². The Hall–Kier alpha value is 1.05. The Kier molecular flexibility index (Phi) is 27.5. The van der Waals surface area contributed by atoms with Crippen LogP contribution < -0.4 is 5.73 Å². The minimum Gasteiger partial charge on any atom is -0.330 e. The first kappa shape index (κ1) is 33.0. The quantitative estimate of drug-likeness (QED) is 0.0640. The molecule has 1 nitrogen and oxygen atoms in total. The number of unbranched alkanes of at least 4 members (excludes halogenated alkanes) is 24. The van der Waals surface area contributed by atoms with Crippen molar-refractivity contribution in [2.45, 2.75) is 167 Å². The molecule has 2 N–H and O–H groups in total. The summed E-state index contributed by atoms with van der Waals surface area (Å²) in [6.07, 6.45) is 34.9. The molecule has 32 heavy (non-hydrogen) atoms. The van der Waals surface area contributed by atoms with Gasteiger partial charge in [-0.15, -0.1) is 33.2 Å². The van der Waals surface area contributed by atoms with Crippen molar-refractivity contribution in [2.75, 3.05) is 6.54 Å². The third-order valence-electron chi connectivity index (χ3n) is 6.66. The molecular weight excluding hydrogens is 473 g/mol. The number of rotatable bonds is 27. The summed E-state index contributed by atoms with van der Waals surface area (Å²) in [6, 6.07) is -1.54. The van der Waals surface area contributed by atoms with Crippen LogP contribution >= 0.6 is 33.2 Å². The lowest BCUT2D eigenvalue weighted by atomic mass is 10.0. The molecule has 0 amide bonds. The van der Waals surface area contributed by atoms with Crippen molar-refractivity contribution in [1.29, 1.82) is 0 Å². The van der Waals surface area contributed by atoms with Gasteiger partial charge in [0.2, 0.25) is 0 Å². The molecule has 0 aliphatic heterocycles. The van der Waals surface area contributed by atoms with E-state index in [1.54, 1.807) is 0 Å². The Morgan fingerprint density at radius 2 is 0.500 bits per heavy atom. The van der Waals surface area contributed by atoms with E-state index in [4.69, 9.17) is 39.0 Å². The van der Waals surface area contributed by atoms with E-state index in [1.807, 2.05) is 0 Å². The van der Waals surface area contributed by atoms with Gasteiger partial charge in [-0.1, -0.05) is 154 Å². The van der Waals surface area contributed by atoms with Gasteiger partial charge in [-0.3, -0.25) is 0 Å². The predicted molar refractivity (Wildman–Crippen MR) is 153 cm³/mol. The summed E-state index contributed by atoms with van der Waals surface area (Å²) in [7, 11) is 0. The number of halogens is 3. The van der Waals surface area contributed by atoms with E-state index in [-0.39, 0.29) is 0 Å². The van der Waals surface area contributed by atoms with Gasteiger partial charge >= 0.3 is 6.00 Å². The second kappa shape index (κ2) is 26.6. The first-order chi connectivity index (χ1) is 15.6. The lowest BCUT2D eigenvalue weighted by Gasteiger charge is -2.07. The zero-order chi connectivity index (χ0) is 23.6. The molecule has 194 valence electrons. The maximum absolute atomic E-state index is 5.91. The second-order valence-corrected chi connectivity index (χ2v) is 19.3. The van der Waals surface area contributed by atoms with E-state index in [1.165, 1.54) is 154 Å². The van der Waals surface area contributed by atoms with Crippen molar-refractivity contribution in [3.8, 4) is 0 Å². The fraction of sp³-hybridized carbons (Fsp3) is 1.00. The van der Waals surface area contributed by atoms with Crippen LogP contribution in [0.15, 0.2) is 0 Å². The predicted octanol–water partition coefficient (Wildman–Crippen LogP) is 11.4. The van der Waals surface area contributed by atoms with Crippen molar-refractivity contribution < 1.29 is 0 Å². The summed E-state index contributed by atoms with van der Waals surface area (Å²) >= 11 is 17.7. The smallest absolute Gasteiger partial charge is 0.330 e. The summed E-state index contributed by atoms with van der Waals surface area (Å²) in [5.41, 5.74) is 5.53. The molecule has 0 saturated heterocycles. The van der Waals surface area contributed by atoms with Crippen molar-refractivity contribution in [3.05, 3.63) is 0 Å². The van der Waals surface area contributed by atoms with Crippen molar-refractivity contribution >= 4 is 39.2 Å². The van der Waals surface area contributed by atoms with Crippen LogP contribution in [0, 0.1) is 0 Å². The van der Waals surface area contributed by atoms with Gasteiger partial charge in [0.05, 0.1) is 0 Å². The molecule has 0 bridgehead atoms. The average Bonchev–Trinajstić information content (AvgIpc) is 2.75. The minimum atomic E-state index is -2.36. The highest BCUT2D eigenvalue weighted by Gasteiger charge is 2.23. The van der Waals surface area contributed by atoms with E-state index >= 15 is 0 Å². The highest BCUT2D eigenvalue weighted by atomic mass is 35.8. The summed E-state index contributed by atoms with van der Waals surface area (Å²) in [4.78, 5) is 0. The van der Waals surface area contributed by atoms with Gasteiger partial charge in [-0.2, -0.15) is 0 Å². The number of hydrogen-bond donors (Lipinski definition) is 1. The second-order valence-electron chi connectivity index (χ2n) is 9.99. The SMILES string of the molecule is NCCCCCCCCCCCCCCCCCCCCCCCCCCC[Si](Cl)(Cl)Cl. The van der Waals surface area contributed by atoms with Crippen LogP contribution in [-0.4, -0.2) is 12.5 Å². The summed E-state index contributed by atoms with van der Waals surface area (Å²) in [5, 5.41) is 0. The Bertz CT molecular complexity index is 350. The molecule has 0 heterocycles. The van der Waals surface area contributed by atoms with Gasteiger partial charge in [-0.25, -0.2) is 0 Å². The van der Waals surface area contributed by atoms with E-state index in [9.17, 15) is 0 Å². The van der Waals surface area contributed by atoms with Gasteiger partial charge in [0, 0.05) is 0 Å². The van der Waals surface area contributed by atoms with Crippen molar-refractivity contribution in [2.24, 2.45) is 5.73 Å². The van der Waals surface area contributed by atoms with Gasteiger partial charge in [-0.05, 0) is 19.0 Å². The fourth-order valence-electron chi connectivity index (χ4n) is 4.54. The Morgan fingerprint density at radius 1 is 0.312 bits per heavy atom. The molecule has 0 radical (unpaired) electrons. The molecule has 0 aliphatic carbocycles. The molecule has 0 saturated carbocycles. The molecule has 0 fully saturated rings. The van der Waals surface area contributed by atoms with E-state index in [0.717, 1.165) is 19.0 Å². The highest BCUT2D eigenvalue weighted by molar-refractivity contribution is 7.64. The fourth-order valence-corrected chi connectivity index (χ4v) is 6.39. The number of nitrogens with two attached hydrogens (primary N) is 1. The molecule has 0 unspecified atom stereocenters. The molecule has 0 spiro atoms. The van der Waals surface area contributed by atoms with Gasteiger partial charge < -0.3 is 5.73 Å². The molecule has 0 aromatic rings. The minimum absolute atomic E-state index is 0.828. The lowest BCUT2D eigenvalue weighted by Crippen LogP contribution is -2.07. The monoisotopic (exact) mass is 527 g/mol. The topological polar surface area (TPSA) is 26.0 Å². The van der Waals surface area contributed by atoms with Gasteiger partial charge in [0.1, 0.15) is 0 Å². The summed E-state index contributed by atoms with van der Waals surface area (Å²) in [6.45, 7) is 0.867. The molecule has 0 aromatic heterocycles. The van der Waals surface area contributed by atoms with Crippen LogP contribution in [0.5, 0.6) is 0 Å². The van der Waals surface area contributed by atoms with Crippen LogP contribution in [-0.2, 0) is 0 Å². The van der Waals surface area contributed by atoms with E-state index < -0.39 is 6.00 Å². The maximum atomic E-state index is 5.91. The molecular formula is C27H56Cl3NSi. The zero-order valence-electron chi connectivity index (χ0n) is 21.3. The zero-order valence-corrected chi connectivity index (χ0v) is 24.6. The molecule has 0 aromatic carbocycles. The largest absolute Gasteiger partial charge is 0.341 e. The molecule has 0 aliphatic rings. The average molecular weight is 529 g/mol. The third-order valence-corrected chi connectivity index (χ3v) is 9.29. The van der Waals surface area contributed by atoms with Crippen LogP contribution in [0.3, 0.4) is 0 Å². The van der Waals surface area contributed by atoms with Crippen molar-refractivity contribution in [1.82, 2.24) is 0 Å². The lowest BCUT2D eigenvalue weighted by molar-refractivity contribution is 0.516. The van der Waals surface area contributed by atoms with Gasteiger partial charge in [0.25, 0.3) is 0 Å². The first-order valence-electron chi connectivity index (χ1n) is 14.3. The highest BCUT2D eigenvalue weighted by Crippen LogP contribution is 2.27. The molecule has 5 heteroatoms. The van der Waals surface area contributed by atoms with E-state index in [2.05, 4.69) is 0 Å². The van der Waals surface area contributed by atoms with Crippen LogP contribution in [0.25, 0.3) is 0 Å². The van der Waals surface area contributed by atoms with Crippen molar-refractivity contribution in [3.63, 3.8) is 0 Å². The maximum Gasteiger partial charge on any atom is 0.341 e. The third kappa shape index (κ3) is 31.0. The first-order valence-corrected chi connectivity index (χ1v) is 19.6. The molecule has 0 atom stereocenters. The van der Waals surface area contributed by atoms with Crippen LogP contribution in [0.4, 0.5) is 0 Å². The van der Waals surface area contributed by atoms with Gasteiger partial charge in [0.15, 0.2) is 0 Å². The van der Waals surface area contributed by atoms with Crippen LogP contribution in [0.1, 0.15) is 161 Å². The normalized spacial score (nSPS) is 12.0. The summed E-state index contributed by atoms with van der Waals surface area (Å²) < 4.78 is 0. The standard InChI is InChI=1S/C27H56Cl3NSi/c28-32(29,30)27-25-23-21-19-17-15-13-11-9-7-5-3-1-2-4-6-8-10-12-14-16-18-20-22-24-26-31/h1-27,31H2. The number of hydrogen-bond acceptors (Lipinski definition) is 1. The summed E-state index contributed by atoms with van der Waals surface area (Å²) in [5.74, 6) is 0. The van der Waals surface area contributed by atoms with Crippen LogP contribution in [0.2, 0.25) is 6.04 Å². The Morgan fingerprint density at radius 3 is 0.688 bits per heavy atom. The molecule has 0 rings (SSSR count).